The molecule has 0 bridgehead atoms. The van der Waals surface area contributed by atoms with E-state index in [9.17, 15) is 4.79 Å². The molecule has 5 heteroatoms. The maximum atomic E-state index is 10.9. The molecule has 0 saturated carbocycles. The fourth-order valence-electron chi connectivity index (χ4n) is 2.86. The number of aromatic nitrogens is 1. The molecule has 2 aromatic carbocycles. The monoisotopic (exact) mass is 359 g/mol. The van der Waals surface area contributed by atoms with Crippen molar-refractivity contribution in [1.82, 2.24) is 4.98 Å². The van der Waals surface area contributed by atoms with Crippen LogP contribution >= 0.6 is 0 Å². The van der Waals surface area contributed by atoms with Gasteiger partial charge >= 0.3 is 5.97 Å². The molecule has 0 radical (unpaired) electrons. The lowest BCUT2D eigenvalue weighted by Gasteiger charge is -2.14. The summed E-state index contributed by atoms with van der Waals surface area (Å²) in [4.78, 5) is 15.3. The highest BCUT2D eigenvalue weighted by Gasteiger charge is 2.17. The zero-order chi connectivity index (χ0) is 18.6. The largest absolute Gasteiger partial charge is 0.478 e. The van der Waals surface area contributed by atoms with Crippen molar-refractivity contribution in [2.75, 3.05) is 0 Å². The van der Waals surface area contributed by atoms with Gasteiger partial charge in [0.15, 0.2) is 0 Å². The summed E-state index contributed by atoms with van der Waals surface area (Å²) in [6.07, 6.45) is 8.47. The Kier molecular flexibility index (Phi) is 4.58. The zero-order valence-corrected chi connectivity index (χ0v) is 14.4. The van der Waals surface area contributed by atoms with E-state index in [0.717, 1.165) is 29.3 Å². The van der Waals surface area contributed by atoms with Crippen molar-refractivity contribution in [2.24, 2.45) is 0 Å². The number of carbonyl (C=O) groups is 1. The molecule has 134 valence electrons. The van der Waals surface area contributed by atoms with Gasteiger partial charge in [0.1, 0.15) is 17.3 Å². The molecule has 4 rings (SSSR count). The molecule has 1 aliphatic carbocycles. The quantitative estimate of drug-likeness (QED) is 0.690. The van der Waals surface area contributed by atoms with Gasteiger partial charge < -0.3 is 14.3 Å². The number of para-hydroxylation sites is 1. The first-order valence-electron chi connectivity index (χ1n) is 8.60. The second kappa shape index (κ2) is 7.33. The first-order chi connectivity index (χ1) is 13.2. The molecule has 1 aliphatic rings. The maximum absolute atomic E-state index is 10.9. The van der Waals surface area contributed by atoms with Crippen LogP contribution in [-0.4, -0.2) is 16.1 Å². The smallest absolute Gasteiger partial charge is 0.335 e. The van der Waals surface area contributed by atoms with Crippen LogP contribution < -0.4 is 4.74 Å². The number of hydrogen-bond acceptors (Lipinski definition) is 4. The van der Waals surface area contributed by atoms with E-state index in [1.165, 1.54) is 12.1 Å². The van der Waals surface area contributed by atoms with Gasteiger partial charge in [0.25, 0.3) is 0 Å². The number of hydrogen-bond donors (Lipinski definition) is 1. The van der Waals surface area contributed by atoms with Gasteiger partial charge in [0.05, 0.1) is 11.8 Å². The highest BCUT2D eigenvalue weighted by Crippen LogP contribution is 2.30. The van der Waals surface area contributed by atoms with Gasteiger partial charge in [0.2, 0.25) is 5.89 Å². The molecule has 1 unspecified atom stereocenters. The van der Waals surface area contributed by atoms with Crippen LogP contribution in [0.25, 0.3) is 11.5 Å². The van der Waals surface area contributed by atoms with E-state index in [1.54, 1.807) is 18.3 Å². The van der Waals surface area contributed by atoms with E-state index in [0.29, 0.717) is 5.89 Å². The standard InChI is InChI=1S/C22H17NO4/c24-22(25)17-8-6-16(7-9-17)21-23-14-20(27-21)15-10-12-19(13-11-15)26-18-4-2-1-3-5-18/h1-10,12-15H,11H2,(H,24,25). The lowest BCUT2D eigenvalue weighted by atomic mass is 9.98. The van der Waals surface area contributed by atoms with Crippen LogP contribution in [0.1, 0.15) is 28.5 Å². The maximum Gasteiger partial charge on any atom is 0.335 e. The Bertz CT molecular complexity index is 1000. The summed E-state index contributed by atoms with van der Waals surface area (Å²) < 4.78 is 11.7. The van der Waals surface area contributed by atoms with Gasteiger partial charge in [-0.1, -0.05) is 24.3 Å². The van der Waals surface area contributed by atoms with Gasteiger partial charge in [-0.15, -0.1) is 0 Å². The van der Waals surface area contributed by atoms with E-state index in [1.807, 2.05) is 48.6 Å². The van der Waals surface area contributed by atoms with Gasteiger partial charge in [-0.25, -0.2) is 9.78 Å². The number of oxazole rings is 1. The minimum absolute atomic E-state index is 0.0904. The van der Waals surface area contributed by atoms with Gasteiger partial charge in [0, 0.05) is 11.5 Å². The van der Waals surface area contributed by atoms with Crippen LogP contribution in [0.3, 0.4) is 0 Å². The number of nitrogens with zero attached hydrogens (tertiary/aromatic N) is 1. The number of benzene rings is 2. The summed E-state index contributed by atoms with van der Waals surface area (Å²) in [5, 5.41) is 8.97. The van der Waals surface area contributed by atoms with Crippen molar-refractivity contribution in [2.45, 2.75) is 12.3 Å². The first kappa shape index (κ1) is 16.8. The summed E-state index contributed by atoms with van der Waals surface area (Å²) in [5.41, 5.74) is 0.978. The number of rotatable bonds is 5. The molecule has 0 amide bonds. The minimum atomic E-state index is -0.956. The van der Waals surface area contributed by atoms with Gasteiger partial charge in [-0.2, -0.15) is 0 Å². The number of carboxylic acid groups (broad SMARTS) is 1. The van der Waals surface area contributed by atoms with Crippen LogP contribution in [-0.2, 0) is 0 Å². The molecule has 1 N–H and O–H groups in total. The van der Waals surface area contributed by atoms with Gasteiger partial charge in [-0.05, 0) is 55.0 Å². The predicted octanol–water partition coefficient (Wildman–Crippen LogP) is 5.05. The van der Waals surface area contributed by atoms with E-state index in [-0.39, 0.29) is 11.5 Å². The lowest BCUT2D eigenvalue weighted by Crippen LogP contribution is -2.01. The average Bonchev–Trinajstić information content (AvgIpc) is 3.20. The number of allylic oxidation sites excluding steroid dienone is 3. The molecule has 27 heavy (non-hydrogen) atoms. The lowest BCUT2D eigenvalue weighted by molar-refractivity contribution is 0.0697. The second-order valence-electron chi connectivity index (χ2n) is 6.17. The fraction of sp³-hybridized carbons (Fsp3) is 0.0909. The molecule has 0 saturated heterocycles. The topological polar surface area (TPSA) is 72.6 Å². The number of aromatic carboxylic acids is 1. The van der Waals surface area contributed by atoms with Crippen LogP contribution in [0.4, 0.5) is 0 Å². The molecule has 5 nitrogen and oxygen atoms in total. The van der Waals surface area contributed by atoms with Crippen molar-refractivity contribution in [3.63, 3.8) is 0 Å². The van der Waals surface area contributed by atoms with Crippen molar-refractivity contribution in [1.29, 1.82) is 0 Å². The summed E-state index contributed by atoms with van der Waals surface area (Å²) in [5.74, 6) is 1.99. The number of carboxylic acids is 1. The second-order valence-corrected chi connectivity index (χ2v) is 6.17. The molecule has 0 aliphatic heterocycles. The fourth-order valence-corrected chi connectivity index (χ4v) is 2.86. The summed E-state index contributed by atoms with van der Waals surface area (Å²) in [6.45, 7) is 0. The van der Waals surface area contributed by atoms with Crippen molar-refractivity contribution in [3.8, 4) is 17.2 Å². The Morgan fingerprint density at radius 3 is 2.56 bits per heavy atom. The molecular weight excluding hydrogens is 342 g/mol. The van der Waals surface area contributed by atoms with E-state index in [2.05, 4.69) is 4.98 Å². The molecule has 0 fully saturated rings. The Labute approximate surface area is 156 Å². The highest BCUT2D eigenvalue weighted by molar-refractivity contribution is 5.88. The Hall–Kier alpha value is -3.60. The summed E-state index contributed by atoms with van der Waals surface area (Å²) in [7, 11) is 0. The van der Waals surface area contributed by atoms with Crippen molar-refractivity contribution >= 4 is 5.97 Å². The third-order valence-electron chi connectivity index (χ3n) is 4.31. The molecule has 1 heterocycles. The van der Waals surface area contributed by atoms with Crippen LogP contribution in [0.5, 0.6) is 5.75 Å². The molecule has 1 aromatic heterocycles. The normalized spacial score (nSPS) is 16.0. The van der Waals surface area contributed by atoms with E-state index < -0.39 is 5.97 Å². The summed E-state index contributed by atoms with van der Waals surface area (Å²) in [6, 6.07) is 16.1. The Morgan fingerprint density at radius 2 is 1.89 bits per heavy atom. The third kappa shape index (κ3) is 3.82. The first-order valence-corrected chi connectivity index (χ1v) is 8.60. The Balaban J connectivity index is 1.44. The molecule has 1 atom stereocenters. The summed E-state index contributed by atoms with van der Waals surface area (Å²) >= 11 is 0. The molecular formula is C22H17NO4. The van der Waals surface area contributed by atoms with E-state index in [4.69, 9.17) is 14.3 Å². The van der Waals surface area contributed by atoms with Crippen LogP contribution in [0, 0.1) is 0 Å². The Morgan fingerprint density at radius 1 is 1.11 bits per heavy atom. The third-order valence-corrected chi connectivity index (χ3v) is 4.31. The highest BCUT2D eigenvalue weighted by atomic mass is 16.5. The van der Waals surface area contributed by atoms with E-state index >= 15 is 0 Å². The molecule has 0 spiro atoms. The van der Waals surface area contributed by atoms with Crippen molar-refractivity contribution in [3.05, 3.63) is 96.1 Å². The average molecular weight is 359 g/mol. The van der Waals surface area contributed by atoms with Crippen LogP contribution in [0.2, 0.25) is 0 Å². The zero-order valence-electron chi connectivity index (χ0n) is 14.4. The van der Waals surface area contributed by atoms with Crippen LogP contribution in [0.15, 0.2) is 89.2 Å². The van der Waals surface area contributed by atoms with Gasteiger partial charge in [-0.3, -0.25) is 0 Å². The predicted molar refractivity (Wildman–Crippen MR) is 101 cm³/mol. The number of ether oxygens (including phenoxy) is 1. The van der Waals surface area contributed by atoms with Crippen molar-refractivity contribution < 1.29 is 19.1 Å². The SMILES string of the molecule is O=C(O)c1ccc(-c2ncc(C3C=CC(Oc4ccccc4)=CC3)o2)cc1. The minimum Gasteiger partial charge on any atom is -0.478 e. The molecule has 3 aromatic rings.